The van der Waals surface area contributed by atoms with Crippen LogP contribution in [0.15, 0.2) is 29.1 Å². The number of ether oxygens (including phenoxy) is 2. The molecule has 2 aromatic heterocycles. The molecular formula is C24H29N3O4. The number of benzene rings is 1. The van der Waals surface area contributed by atoms with Crippen LogP contribution in [0.2, 0.25) is 0 Å². The molecule has 1 atom stereocenters. The second-order valence-corrected chi connectivity index (χ2v) is 8.14. The third-order valence-corrected chi connectivity index (χ3v) is 6.17. The highest BCUT2D eigenvalue weighted by Crippen LogP contribution is 2.36. The molecule has 1 aliphatic carbocycles. The molecule has 4 rings (SSSR count). The summed E-state index contributed by atoms with van der Waals surface area (Å²) in [5.41, 5.74) is 4.69. The maximum absolute atomic E-state index is 13.2. The summed E-state index contributed by atoms with van der Waals surface area (Å²) in [6, 6.07) is 7.68. The number of nitrogens with one attached hydrogen (secondary N) is 2. The van der Waals surface area contributed by atoms with Gasteiger partial charge in [0.05, 0.1) is 19.8 Å². The van der Waals surface area contributed by atoms with Crippen LogP contribution in [-0.2, 0) is 17.7 Å². The Balaban J connectivity index is 1.67. The van der Waals surface area contributed by atoms with E-state index in [4.69, 9.17) is 9.47 Å². The fourth-order valence-corrected chi connectivity index (χ4v) is 4.61. The molecule has 0 saturated carbocycles. The van der Waals surface area contributed by atoms with Crippen LogP contribution < -0.4 is 15.6 Å². The minimum atomic E-state index is -0.331. The standard InChI is InChI=1S/C24H29N3O4/c1-14-12-15(2)27(10-11-30-3)24(29)21(14)23(28)26-20-7-5-6-17-18-13-16(31-4)8-9-19(18)25-22(17)20/h8-9,12-13,20,25H,5-7,10-11H2,1-4H3,(H,26,28)/t20-/m0/s1. The molecule has 164 valence electrons. The lowest BCUT2D eigenvalue weighted by Crippen LogP contribution is -2.38. The first-order valence-electron chi connectivity index (χ1n) is 10.6. The molecular weight excluding hydrogens is 394 g/mol. The van der Waals surface area contributed by atoms with Crippen LogP contribution in [0.1, 0.15) is 51.8 Å². The number of fused-ring (bicyclic) bond motifs is 3. The van der Waals surface area contributed by atoms with E-state index >= 15 is 0 Å². The van der Waals surface area contributed by atoms with Gasteiger partial charge in [-0.1, -0.05) is 0 Å². The molecule has 2 N–H and O–H groups in total. The smallest absolute Gasteiger partial charge is 0.263 e. The number of methoxy groups -OCH3 is 2. The van der Waals surface area contributed by atoms with Crippen LogP contribution in [0.4, 0.5) is 0 Å². The summed E-state index contributed by atoms with van der Waals surface area (Å²) < 4.78 is 12.1. The Hall–Kier alpha value is -3.06. The highest BCUT2D eigenvalue weighted by Gasteiger charge is 2.28. The van der Waals surface area contributed by atoms with Crippen molar-refractivity contribution in [1.29, 1.82) is 0 Å². The van der Waals surface area contributed by atoms with E-state index in [1.807, 2.05) is 38.1 Å². The van der Waals surface area contributed by atoms with Crippen LogP contribution in [0.5, 0.6) is 5.75 Å². The number of H-pyrrole nitrogens is 1. The Bertz CT molecular complexity index is 1190. The van der Waals surface area contributed by atoms with Crippen LogP contribution >= 0.6 is 0 Å². The highest BCUT2D eigenvalue weighted by atomic mass is 16.5. The van der Waals surface area contributed by atoms with Gasteiger partial charge < -0.3 is 24.3 Å². The minimum absolute atomic E-state index is 0.165. The zero-order valence-electron chi connectivity index (χ0n) is 18.5. The van der Waals surface area contributed by atoms with Gasteiger partial charge in [0.25, 0.3) is 11.5 Å². The molecule has 0 aliphatic heterocycles. The maximum Gasteiger partial charge on any atom is 0.263 e. The molecule has 31 heavy (non-hydrogen) atoms. The number of pyridine rings is 1. The third kappa shape index (κ3) is 3.85. The zero-order valence-corrected chi connectivity index (χ0v) is 18.5. The number of aromatic amines is 1. The average Bonchev–Trinajstić information content (AvgIpc) is 3.12. The fourth-order valence-electron chi connectivity index (χ4n) is 4.61. The number of amides is 1. The maximum atomic E-state index is 13.2. The second kappa shape index (κ2) is 8.59. The van der Waals surface area contributed by atoms with Crippen LogP contribution in [0.3, 0.4) is 0 Å². The average molecular weight is 424 g/mol. The summed E-state index contributed by atoms with van der Waals surface area (Å²) in [5, 5.41) is 4.25. The van der Waals surface area contributed by atoms with Crippen molar-refractivity contribution >= 4 is 16.8 Å². The summed E-state index contributed by atoms with van der Waals surface area (Å²) in [7, 11) is 3.26. The number of carbonyl (C=O) groups excluding carboxylic acids is 1. The number of nitrogens with zero attached hydrogens (tertiary/aromatic N) is 1. The number of hydrogen-bond donors (Lipinski definition) is 2. The molecule has 0 saturated heterocycles. The minimum Gasteiger partial charge on any atom is -0.497 e. The van der Waals surface area contributed by atoms with E-state index in [-0.39, 0.29) is 23.1 Å². The summed E-state index contributed by atoms with van der Waals surface area (Å²) in [4.78, 5) is 29.8. The lowest BCUT2D eigenvalue weighted by atomic mass is 9.91. The molecule has 0 bridgehead atoms. The van der Waals surface area contributed by atoms with Gasteiger partial charge in [-0.3, -0.25) is 9.59 Å². The monoisotopic (exact) mass is 423 g/mol. The Kier molecular flexibility index (Phi) is 5.87. The molecule has 0 fully saturated rings. The molecule has 0 radical (unpaired) electrons. The second-order valence-electron chi connectivity index (χ2n) is 8.14. The van der Waals surface area contributed by atoms with Gasteiger partial charge >= 0.3 is 0 Å². The Morgan fingerprint density at radius 1 is 1.26 bits per heavy atom. The number of aryl methyl sites for hydroxylation is 3. The molecule has 3 aromatic rings. The van der Waals surface area contributed by atoms with Crippen LogP contribution in [-0.4, -0.2) is 36.3 Å². The van der Waals surface area contributed by atoms with Gasteiger partial charge in [-0.2, -0.15) is 0 Å². The van der Waals surface area contributed by atoms with Gasteiger partial charge in [0.1, 0.15) is 11.3 Å². The summed E-state index contributed by atoms with van der Waals surface area (Å²) in [6.07, 6.45) is 2.74. The summed E-state index contributed by atoms with van der Waals surface area (Å²) >= 11 is 0. The van der Waals surface area contributed by atoms with Crippen molar-refractivity contribution in [2.75, 3.05) is 20.8 Å². The molecule has 1 aromatic carbocycles. The van der Waals surface area contributed by atoms with E-state index in [1.54, 1.807) is 18.8 Å². The predicted octanol–water partition coefficient (Wildman–Crippen LogP) is 3.41. The molecule has 7 heteroatoms. The van der Waals surface area contributed by atoms with Crippen molar-refractivity contribution in [3.8, 4) is 5.75 Å². The largest absolute Gasteiger partial charge is 0.497 e. The first kappa shape index (κ1) is 21.2. The van der Waals surface area contributed by atoms with Gasteiger partial charge in [0.15, 0.2) is 0 Å². The Morgan fingerprint density at radius 2 is 2.06 bits per heavy atom. The van der Waals surface area contributed by atoms with E-state index < -0.39 is 0 Å². The van der Waals surface area contributed by atoms with Gasteiger partial charge in [-0.15, -0.1) is 0 Å². The fraction of sp³-hybridized carbons (Fsp3) is 0.417. The molecule has 1 aliphatic rings. The van der Waals surface area contributed by atoms with E-state index in [2.05, 4.69) is 10.3 Å². The van der Waals surface area contributed by atoms with Gasteiger partial charge in [0, 0.05) is 35.9 Å². The molecule has 7 nitrogen and oxygen atoms in total. The Morgan fingerprint density at radius 3 is 2.81 bits per heavy atom. The number of aromatic nitrogens is 2. The van der Waals surface area contributed by atoms with Gasteiger partial charge in [-0.25, -0.2) is 0 Å². The zero-order chi connectivity index (χ0) is 22.1. The number of carbonyl (C=O) groups is 1. The van der Waals surface area contributed by atoms with Crippen molar-refractivity contribution in [2.45, 2.75) is 45.7 Å². The predicted molar refractivity (Wildman–Crippen MR) is 120 cm³/mol. The molecule has 2 heterocycles. The van der Waals surface area contributed by atoms with Gasteiger partial charge in [-0.05, 0) is 68.5 Å². The van der Waals surface area contributed by atoms with E-state index in [0.29, 0.717) is 18.7 Å². The highest BCUT2D eigenvalue weighted by molar-refractivity contribution is 5.96. The SMILES string of the molecule is COCCn1c(C)cc(C)c(C(=O)N[C@H]2CCCc3c2[nH]c2ccc(OC)cc32)c1=O. The van der Waals surface area contributed by atoms with E-state index in [9.17, 15) is 9.59 Å². The number of rotatable bonds is 6. The summed E-state index contributed by atoms with van der Waals surface area (Å²) in [6.45, 7) is 4.51. The normalized spacial score (nSPS) is 15.7. The topological polar surface area (TPSA) is 85.3 Å². The first-order valence-corrected chi connectivity index (χ1v) is 10.6. The van der Waals surface area contributed by atoms with Gasteiger partial charge in [0.2, 0.25) is 0 Å². The molecule has 0 spiro atoms. The van der Waals surface area contributed by atoms with Crippen LogP contribution in [0.25, 0.3) is 10.9 Å². The van der Waals surface area contributed by atoms with E-state index in [1.165, 1.54) is 5.56 Å². The first-order chi connectivity index (χ1) is 14.9. The lowest BCUT2D eigenvalue weighted by Gasteiger charge is -2.24. The van der Waals surface area contributed by atoms with Crippen molar-refractivity contribution in [1.82, 2.24) is 14.9 Å². The van der Waals surface area contributed by atoms with Crippen LogP contribution in [0, 0.1) is 13.8 Å². The van der Waals surface area contributed by atoms with E-state index in [0.717, 1.165) is 47.3 Å². The molecule has 1 amide bonds. The van der Waals surface area contributed by atoms with Crippen molar-refractivity contribution in [3.05, 3.63) is 62.7 Å². The lowest BCUT2D eigenvalue weighted by molar-refractivity contribution is 0.0928. The quantitative estimate of drug-likeness (QED) is 0.636. The number of hydrogen-bond acceptors (Lipinski definition) is 4. The summed E-state index contributed by atoms with van der Waals surface area (Å²) in [5.74, 6) is 0.482. The van der Waals surface area contributed by atoms with Crippen molar-refractivity contribution < 1.29 is 14.3 Å². The Labute approximate surface area is 181 Å². The van der Waals surface area contributed by atoms with Crippen molar-refractivity contribution in [2.24, 2.45) is 0 Å². The van der Waals surface area contributed by atoms with Crippen molar-refractivity contribution in [3.63, 3.8) is 0 Å². The molecule has 0 unspecified atom stereocenters. The third-order valence-electron chi connectivity index (χ3n) is 6.17.